The van der Waals surface area contributed by atoms with Crippen LogP contribution in [0.4, 0.5) is 0 Å². The molecule has 21 heavy (non-hydrogen) atoms. The molecule has 0 saturated carbocycles. The highest BCUT2D eigenvalue weighted by Crippen LogP contribution is 2.50. The van der Waals surface area contributed by atoms with E-state index in [-0.39, 0.29) is 17.2 Å². The molecule has 118 valence electrons. The highest BCUT2D eigenvalue weighted by atomic mass is 32.2. The fourth-order valence-electron chi connectivity index (χ4n) is 2.72. The topological polar surface area (TPSA) is 98.8 Å². The third-order valence-corrected chi connectivity index (χ3v) is 5.32. The predicted molar refractivity (Wildman–Crippen MR) is 74.1 cm³/mol. The summed E-state index contributed by atoms with van der Waals surface area (Å²) in [5, 5.41) is 13.5. The number of hydrogen-bond acceptors (Lipinski definition) is 6. The summed E-state index contributed by atoms with van der Waals surface area (Å²) >= 11 is 1.36. The Bertz CT molecular complexity index is 481. The normalized spacial score (nSPS) is 31.3. The van der Waals surface area contributed by atoms with Crippen molar-refractivity contribution in [3.05, 3.63) is 0 Å². The van der Waals surface area contributed by atoms with E-state index in [0.717, 1.165) is 0 Å². The van der Waals surface area contributed by atoms with Gasteiger partial charge in [0.2, 0.25) is 11.8 Å². The van der Waals surface area contributed by atoms with Crippen molar-refractivity contribution in [3.8, 4) is 0 Å². The zero-order valence-corrected chi connectivity index (χ0v) is 13.2. The minimum Gasteiger partial charge on any atom is -0.548 e. The maximum atomic E-state index is 12.1. The van der Waals surface area contributed by atoms with Crippen LogP contribution in [0.1, 0.15) is 27.7 Å². The van der Waals surface area contributed by atoms with Crippen molar-refractivity contribution in [3.63, 3.8) is 0 Å². The molecule has 2 heterocycles. The van der Waals surface area contributed by atoms with Gasteiger partial charge in [0.1, 0.15) is 17.5 Å². The maximum absolute atomic E-state index is 12.1. The van der Waals surface area contributed by atoms with Crippen LogP contribution >= 0.6 is 11.8 Å². The lowest BCUT2D eigenvalue weighted by Crippen LogP contribution is -2.72. The van der Waals surface area contributed by atoms with Gasteiger partial charge in [-0.3, -0.25) is 9.59 Å². The molecule has 1 N–H and O–H groups in total. The molecule has 2 amide bonds. The first-order valence-corrected chi connectivity index (χ1v) is 7.71. The Hall–Kier alpha value is -1.28. The van der Waals surface area contributed by atoms with Gasteiger partial charge in [0.15, 0.2) is 0 Å². The molecule has 2 aliphatic heterocycles. The van der Waals surface area contributed by atoms with E-state index < -0.39 is 28.9 Å². The molecule has 0 aromatic heterocycles. The molecule has 2 aliphatic rings. The van der Waals surface area contributed by atoms with Gasteiger partial charge in [-0.15, -0.1) is 11.8 Å². The van der Waals surface area contributed by atoms with Gasteiger partial charge < -0.3 is 24.9 Å². The molecular weight excluding hydrogens is 296 g/mol. The number of β-lactam (4-membered cyclic amide) rings is 1. The first kappa shape index (κ1) is 16.1. The molecule has 0 aromatic rings. The smallest absolute Gasteiger partial charge is 0.249 e. The standard InChI is InChI=1S/C13H20N2O5S/c1-5-20-6(2)9(16)14-7-10(17)15-8(12(18)19)13(3,4)21-11(7)15/h6-8,11H,5H2,1-4H3,(H,14,16)(H,18,19)/p-1/t6-,7+,8-,11-/m1/s1. The minimum atomic E-state index is -1.27. The summed E-state index contributed by atoms with van der Waals surface area (Å²) in [6.45, 7) is 7.30. The average molecular weight is 315 g/mol. The van der Waals surface area contributed by atoms with E-state index in [4.69, 9.17) is 4.74 Å². The molecule has 0 radical (unpaired) electrons. The lowest BCUT2D eigenvalue weighted by Gasteiger charge is -2.45. The zero-order chi connectivity index (χ0) is 15.9. The first-order chi connectivity index (χ1) is 9.70. The van der Waals surface area contributed by atoms with Crippen molar-refractivity contribution in [2.24, 2.45) is 0 Å². The van der Waals surface area contributed by atoms with E-state index in [2.05, 4.69) is 5.32 Å². The average Bonchev–Trinajstić information content (AvgIpc) is 2.64. The zero-order valence-electron chi connectivity index (χ0n) is 12.4. The summed E-state index contributed by atoms with van der Waals surface area (Å²) in [6.07, 6.45) is -0.645. The summed E-state index contributed by atoms with van der Waals surface area (Å²) in [5.74, 6) is -2.02. The van der Waals surface area contributed by atoms with E-state index in [1.807, 2.05) is 0 Å². The second-order valence-corrected chi connectivity index (χ2v) is 7.43. The van der Waals surface area contributed by atoms with E-state index in [1.54, 1.807) is 27.7 Å². The highest BCUT2D eigenvalue weighted by molar-refractivity contribution is 8.01. The number of carbonyl (C=O) groups excluding carboxylic acids is 3. The van der Waals surface area contributed by atoms with Gasteiger partial charge in [-0.2, -0.15) is 0 Å². The number of thioether (sulfide) groups is 1. The van der Waals surface area contributed by atoms with Gasteiger partial charge in [0.05, 0.1) is 12.0 Å². The lowest BCUT2D eigenvalue weighted by molar-refractivity contribution is -0.312. The second-order valence-electron chi connectivity index (χ2n) is 5.66. The van der Waals surface area contributed by atoms with Gasteiger partial charge in [-0.05, 0) is 27.7 Å². The SMILES string of the molecule is CCO[C@H](C)C(=O)N[C@H]1C(=O)N2[C@@H]1SC(C)(C)[C@H]2C(=O)[O-]. The highest BCUT2D eigenvalue weighted by Gasteiger charge is 2.62. The number of aliphatic carboxylic acids is 1. The van der Waals surface area contributed by atoms with E-state index in [9.17, 15) is 19.5 Å². The summed E-state index contributed by atoms with van der Waals surface area (Å²) in [7, 11) is 0. The fourth-order valence-corrected chi connectivity index (χ4v) is 4.34. The van der Waals surface area contributed by atoms with Crippen LogP contribution < -0.4 is 10.4 Å². The Morgan fingerprint density at radius 1 is 1.52 bits per heavy atom. The third kappa shape index (κ3) is 2.62. The number of amides is 2. The largest absolute Gasteiger partial charge is 0.548 e. The van der Waals surface area contributed by atoms with E-state index in [1.165, 1.54) is 16.7 Å². The molecule has 2 saturated heterocycles. The van der Waals surface area contributed by atoms with E-state index >= 15 is 0 Å². The molecule has 0 aliphatic carbocycles. The van der Waals surface area contributed by atoms with Crippen LogP contribution in [0.2, 0.25) is 0 Å². The van der Waals surface area contributed by atoms with Crippen LogP contribution in [-0.2, 0) is 19.1 Å². The number of ether oxygens (including phenoxy) is 1. The maximum Gasteiger partial charge on any atom is 0.249 e. The summed E-state index contributed by atoms with van der Waals surface area (Å²) in [4.78, 5) is 36.6. The molecule has 0 spiro atoms. The van der Waals surface area contributed by atoms with Crippen LogP contribution in [0.3, 0.4) is 0 Å². The second kappa shape index (κ2) is 5.49. The predicted octanol–water partition coefficient (Wildman–Crippen LogP) is -1.29. The third-order valence-electron chi connectivity index (χ3n) is 3.75. The Morgan fingerprint density at radius 2 is 2.14 bits per heavy atom. The number of nitrogens with one attached hydrogen (secondary N) is 1. The van der Waals surface area contributed by atoms with Crippen LogP contribution in [0, 0.1) is 0 Å². The van der Waals surface area contributed by atoms with Gasteiger partial charge in [-0.25, -0.2) is 0 Å². The number of fused-ring (bicyclic) bond motifs is 1. The quantitative estimate of drug-likeness (QED) is 0.634. The lowest BCUT2D eigenvalue weighted by atomic mass is 9.96. The molecule has 2 rings (SSSR count). The van der Waals surface area contributed by atoms with Gasteiger partial charge >= 0.3 is 0 Å². The number of nitrogens with zero attached hydrogens (tertiary/aromatic N) is 1. The minimum absolute atomic E-state index is 0.367. The van der Waals surface area contributed by atoms with Crippen LogP contribution in [0.15, 0.2) is 0 Å². The Morgan fingerprint density at radius 3 is 2.67 bits per heavy atom. The Kier molecular flexibility index (Phi) is 4.21. The monoisotopic (exact) mass is 315 g/mol. The number of carboxylic acid groups (broad SMARTS) is 1. The van der Waals surface area contributed by atoms with Gasteiger partial charge in [-0.1, -0.05) is 0 Å². The summed E-state index contributed by atoms with van der Waals surface area (Å²) in [5.41, 5.74) is 0. The fraction of sp³-hybridized carbons (Fsp3) is 0.769. The molecule has 0 aromatic carbocycles. The van der Waals surface area contributed by atoms with Crippen LogP contribution in [-0.4, -0.2) is 57.6 Å². The number of rotatable bonds is 5. The van der Waals surface area contributed by atoms with Crippen molar-refractivity contribution < 1.29 is 24.2 Å². The van der Waals surface area contributed by atoms with E-state index in [0.29, 0.717) is 6.61 Å². The van der Waals surface area contributed by atoms with Crippen LogP contribution in [0.5, 0.6) is 0 Å². The molecule has 0 unspecified atom stereocenters. The molecule has 0 bridgehead atoms. The number of hydrogen-bond donors (Lipinski definition) is 1. The Labute approximate surface area is 127 Å². The summed E-state index contributed by atoms with van der Waals surface area (Å²) < 4.78 is 4.52. The number of carboxylic acids is 1. The van der Waals surface area contributed by atoms with Crippen molar-refractivity contribution in [1.29, 1.82) is 0 Å². The molecule has 4 atom stereocenters. The number of carbonyl (C=O) groups is 3. The Balaban J connectivity index is 2.06. The molecule has 7 nitrogen and oxygen atoms in total. The van der Waals surface area contributed by atoms with Crippen molar-refractivity contribution in [1.82, 2.24) is 10.2 Å². The van der Waals surface area contributed by atoms with Crippen molar-refractivity contribution >= 4 is 29.5 Å². The first-order valence-electron chi connectivity index (χ1n) is 6.83. The molecular formula is C13H19N2O5S-. The van der Waals surface area contributed by atoms with Gasteiger partial charge in [0.25, 0.3) is 0 Å². The van der Waals surface area contributed by atoms with Gasteiger partial charge in [0, 0.05) is 11.4 Å². The van der Waals surface area contributed by atoms with Crippen molar-refractivity contribution in [2.75, 3.05) is 6.61 Å². The van der Waals surface area contributed by atoms with Crippen molar-refractivity contribution in [2.45, 2.75) is 56.0 Å². The molecule has 2 fully saturated rings. The molecule has 8 heteroatoms. The summed E-state index contributed by atoms with van der Waals surface area (Å²) in [6, 6.07) is -1.67. The van der Waals surface area contributed by atoms with Crippen LogP contribution in [0.25, 0.3) is 0 Å².